The number of anilines is 1. The molecule has 0 fully saturated rings. The van der Waals surface area contributed by atoms with Crippen molar-refractivity contribution in [3.05, 3.63) is 56.2 Å². The van der Waals surface area contributed by atoms with Gasteiger partial charge in [0.25, 0.3) is 5.91 Å². The Morgan fingerprint density at radius 2 is 2.05 bits per heavy atom. The van der Waals surface area contributed by atoms with Crippen LogP contribution in [0.4, 0.5) is 5.69 Å². The zero-order chi connectivity index (χ0) is 14.0. The second-order valence-corrected chi connectivity index (χ2v) is 5.58. The van der Waals surface area contributed by atoms with Crippen molar-refractivity contribution >= 4 is 50.7 Å². The summed E-state index contributed by atoms with van der Waals surface area (Å²) in [6.45, 7) is 1.84. The van der Waals surface area contributed by atoms with E-state index in [-0.39, 0.29) is 5.91 Å². The quantitative estimate of drug-likeness (QED) is 0.789. The van der Waals surface area contributed by atoms with Crippen molar-refractivity contribution in [2.75, 3.05) is 5.32 Å². The van der Waals surface area contributed by atoms with E-state index in [2.05, 4.69) is 26.2 Å². The number of halogens is 3. The van der Waals surface area contributed by atoms with Gasteiger partial charge in [0.15, 0.2) is 0 Å². The third-order valence-electron chi connectivity index (χ3n) is 2.50. The fraction of sp³-hybridized carbons (Fsp3) is 0.0769. The van der Waals surface area contributed by atoms with Gasteiger partial charge in [0, 0.05) is 9.50 Å². The number of nitrogens with zero attached hydrogens (tertiary/aromatic N) is 1. The van der Waals surface area contributed by atoms with E-state index in [9.17, 15) is 4.79 Å². The van der Waals surface area contributed by atoms with Gasteiger partial charge in [-0.25, -0.2) is 4.98 Å². The van der Waals surface area contributed by atoms with E-state index in [0.29, 0.717) is 25.9 Å². The van der Waals surface area contributed by atoms with E-state index in [4.69, 9.17) is 23.2 Å². The maximum absolute atomic E-state index is 12.2. The summed E-state index contributed by atoms with van der Waals surface area (Å²) < 4.78 is 0.675. The molecule has 1 aromatic carbocycles. The minimum atomic E-state index is -0.262. The van der Waals surface area contributed by atoms with Crippen LogP contribution in [-0.4, -0.2) is 10.9 Å². The Balaban J connectivity index is 2.28. The van der Waals surface area contributed by atoms with Crippen LogP contribution < -0.4 is 5.32 Å². The Morgan fingerprint density at radius 3 is 2.74 bits per heavy atom. The largest absolute Gasteiger partial charge is 0.320 e. The lowest BCUT2D eigenvalue weighted by Gasteiger charge is -2.09. The van der Waals surface area contributed by atoms with Crippen LogP contribution in [0, 0.1) is 6.92 Å². The van der Waals surface area contributed by atoms with E-state index in [0.717, 1.165) is 5.56 Å². The highest BCUT2D eigenvalue weighted by atomic mass is 79.9. The molecule has 1 heterocycles. The number of aromatic nitrogens is 1. The summed E-state index contributed by atoms with van der Waals surface area (Å²) in [5.41, 5.74) is 1.91. The summed E-state index contributed by atoms with van der Waals surface area (Å²) in [6.07, 6.45) is 1.52. The van der Waals surface area contributed by atoms with Gasteiger partial charge in [0.2, 0.25) is 0 Å². The first kappa shape index (κ1) is 14.3. The second-order valence-electron chi connectivity index (χ2n) is 3.90. The normalized spacial score (nSPS) is 10.3. The van der Waals surface area contributed by atoms with Gasteiger partial charge in [0.05, 0.1) is 17.4 Å². The highest BCUT2D eigenvalue weighted by molar-refractivity contribution is 9.10. The van der Waals surface area contributed by atoms with Crippen LogP contribution in [0.15, 0.2) is 34.9 Å². The minimum Gasteiger partial charge on any atom is -0.320 e. The highest BCUT2D eigenvalue weighted by Gasteiger charge is 2.12. The molecule has 0 saturated heterocycles. The van der Waals surface area contributed by atoms with Gasteiger partial charge in [-0.2, -0.15) is 0 Å². The molecule has 0 atom stereocenters. The molecule has 0 aliphatic rings. The molecular weight excluding hydrogens is 351 g/mol. The number of rotatable bonds is 2. The summed E-state index contributed by atoms with van der Waals surface area (Å²) >= 11 is 15.0. The molecule has 0 unspecified atom stereocenters. The van der Waals surface area contributed by atoms with Crippen LogP contribution in [0.25, 0.3) is 0 Å². The number of pyridine rings is 1. The molecule has 0 bridgehead atoms. The lowest BCUT2D eigenvalue weighted by atomic mass is 10.2. The summed E-state index contributed by atoms with van der Waals surface area (Å²) in [5, 5.41) is 3.66. The number of aryl methyl sites for hydroxylation is 1. The maximum Gasteiger partial charge on any atom is 0.256 e. The predicted octanol–water partition coefficient (Wildman–Crippen LogP) is 4.71. The number of carbonyl (C=O) groups excluding carboxylic acids is 1. The Labute approximate surface area is 129 Å². The summed E-state index contributed by atoms with van der Waals surface area (Å²) in [6, 6.07) is 6.71. The topological polar surface area (TPSA) is 42.0 Å². The number of nitrogens with one attached hydrogen (secondary N) is 1. The van der Waals surface area contributed by atoms with Crippen molar-refractivity contribution in [1.29, 1.82) is 0 Å². The van der Waals surface area contributed by atoms with Crippen molar-refractivity contribution in [1.82, 2.24) is 4.98 Å². The number of carbonyl (C=O) groups is 1. The average molecular weight is 360 g/mol. The van der Waals surface area contributed by atoms with Crippen molar-refractivity contribution < 1.29 is 4.79 Å². The van der Waals surface area contributed by atoms with Crippen molar-refractivity contribution in [3.8, 4) is 0 Å². The molecule has 0 spiro atoms. The summed E-state index contributed by atoms with van der Waals surface area (Å²) in [5.74, 6) is -0.262. The molecule has 1 N–H and O–H groups in total. The van der Waals surface area contributed by atoms with E-state index in [1.807, 2.05) is 6.92 Å². The Morgan fingerprint density at radius 1 is 1.32 bits per heavy atom. The van der Waals surface area contributed by atoms with Gasteiger partial charge < -0.3 is 5.32 Å². The molecule has 0 radical (unpaired) electrons. The third-order valence-corrected chi connectivity index (χ3v) is 3.63. The molecule has 0 saturated carbocycles. The fourth-order valence-electron chi connectivity index (χ4n) is 1.51. The molecule has 2 aromatic rings. The molecule has 1 aromatic heterocycles. The Hall–Kier alpha value is -1.10. The van der Waals surface area contributed by atoms with E-state index in [1.54, 1.807) is 24.3 Å². The van der Waals surface area contributed by atoms with Gasteiger partial charge in [-0.1, -0.05) is 23.2 Å². The van der Waals surface area contributed by atoms with Crippen LogP contribution in [0.3, 0.4) is 0 Å². The highest BCUT2D eigenvalue weighted by Crippen LogP contribution is 2.23. The van der Waals surface area contributed by atoms with Crippen LogP contribution in [0.2, 0.25) is 10.2 Å². The molecule has 98 valence electrons. The minimum absolute atomic E-state index is 0.262. The fourth-order valence-corrected chi connectivity index (χ4v) is 2.32. The first-order valence-electron chi connectivity index (χ1n) is 5.36. The SMILES string of the molecule is Cc1cc(Cl)ncc1NC(=O)c1cc(Cl)ccc1Br. The lowest BCUT2D eigenvalue weighted by Crippen LogP contribution is -2.13. The zero-order valence-corrected chi connectivity index (χ0v) is 13.0. The molecule has 0 aliphatic carbocycles. The van der Waals surface area contributed by atoms with Crippen molar-refractivity contribution in [3.63, 3.8) is 0 Å². The molecule has 19 heavy (non-hydrogen) atoms. The standard InChI is InChI=1S/C13H9BrCl2N2O/c1-7-4-12(16)17-6-11(7)18-13(19)9-5-8(15)2-3-10(9)14/h2-6H,1H3,(H,18,19). The van der Waals surface area contributed by atoms with Crippen LogP contribution in [-0.2, 0) is 0 Å². The van der Waals surface area contributed by atoms with E-state index in [1.165, 1.54) is 6.20 Å². The first-order valence-corrected chi connectivity index (χ1v) is 6.91. The van der Waals surface area contributed by atoms with E-state index >= 15 is 0 Å². The lowest BCUT2D eigenvalue weighted by molar-refractivity contribution is 0.102. The molecule has 2 rings (SSSR count). The van der Waals surface area contributed by atoms with Crippen molar-refractivity contribution in [2.45, 2.75) is 6.92 Å². The van der Waals surface area contributed by atoms with Gasteiger partial charge >= 0.3 is 0 Å². The number of hydrogen-bond donors (Lipinski definition) is 1. The number of amides is 1. The Bertz CT molecular complexity index is 647. The van der Waals surface area contributed by atoms with Crippen LogP contribution in [0.5, 0.6) is 0 Å². The summed E-state index contributed by atoms with van der Waals surface area (Å²) in [4.78, 5) is 16.1. The zero-order valence-electron chi connectivity index (χ0n) is 9.88. The maximum atomic E-state index is 12.2. The number of benzene rings is 1. The Kier molecular flexibility index (Phi) is 4.45. The van der Waals surface area contributed by atoms with Gasteiger partial charge in [0.1, 0.15) is 5.15 Å². The van der Waals surface area contributed by atoms with Crippen LogP contribution in [0.1, 0.15) is 15.9 Å². The first-order chi connectivity index (χ1) is 8.97. The molecule has 3 nitrogen and oxygen atoms in total. The second kappa shape index (κ2) is 5.90. The smallest absolute Gasteiger partial charge is 0.256 e. The monoisotopic (exact) mass is 358 g/mol. The van der Waals surface area contributed by atoms with E-state index < -0.39 is 0 Å². The molecule has 6 heteroatoms. The van der Waals surface area contributed by atoms with Gasteiger partial charge in [-0.15, -0.1) is 0 Å². The third kappa shape index (κ3) is 3.47. The van der Waals surface area contributed by atoms with Crippen molar-refractivity contribution in [2.24, 2.45) is 0 Å². The molecular formula is C13H9BrCl2N2O. The molecule has 1 amide bonds. The predicted molar refractivity (Wildman–Crippen MR) is 81.1 cm³/mol. The molecule has 0 aliphatic heterocycles. The van der Waals surface area contributed by atoms with Gasteiger partial charge in [-0.05, 0) is 52.7 Å². The average Bonchev–Trinajstić information content (AvgIpc) is 2.35. The van der Waals surface area contributed by atoms with Gasteiger partial charge in [-0.3, -0.25) is 4.79 Å². The number of hydrogen-bond acceptors (Lipinski definition) is 2. The summed E-state index contributed by atoms with van der Waals surface area (Å²) in [7, 11) is 0. The van der Waals surface area contributed by atoms with Crippen LogP contribution >= 0.6 is 39.1 Å².